The van der Waals surface area contributed by atoms with Crippen LogP contribution >= 0.6 is 0 Å². The number of aliphatic hydroxyl groups is 1. The molecule has 1 N–H and O–H groups in total. The van der Waals surface area contributed by atoms with Gasteiger partial charge in [0, 0.05) is 23.5 Å². The fraction of sp³-hybridized carbons (Fsp3) is 0.542. The van der Waals surface area contributed by atoms with E-state index < -0.39 is 0 Å². The van der Waals surface area contributed by atoms with E-state index in [4.69, 9.17) is 4.98 Å². The lowest BCUT2D eigenvalue weighted by Crippen LogP contribution is -2.30. The first-order valence-electron chi connectivity index (χ1n) is 10.6. The summed E-state index contributed by atoms with van der Waals surface area (Å²) in [6, 6.07) is 6.67. The number of rotatable bonds is 6. The van der Waals surface area contributed by atoms with Crippen molar-refractivity contribution < 1.29 is 9.50 Å². The van der Waals surface area contributed by atoms with Crippen molar-refractivity contribution in [2.45, 2.75) is 71.9 Å². The summed E-state index contributed by atoms with van der Waals surface area (Å²) in [5.41, 5.74) is 6.15. The number of aromatic nitrogens is 1. The van der Waals surface area contributed by atoms with Crippen molar-refractivity contribution in [1.82, 2.24) is 9.88 Å². The third-order valence-electron chi connectivity index (χ3n) is 5.68. The molecule has 0 amide bonds. The van der Waals surface area contributed by atoms with E-state index in [1.807, 2.05) is 12.1 Å². The molecule has 0 bridgehead atoms. The van der Waals surface area contributed by atoms with E-state index in [0.29, 0.717) is 0 Å². The summed E-state index contributed by atoms with van der Waals surface area (Å²) < 4.78 is 13.6. The van der Waals surface area contributed by atoms with E-state index in [9.17, 15) is 9.50 Å². The van der Waals surface area contributed by atoms with Gasteiger partial charge in [-0.3, -0.25) is 9.88 Å². The van der Waals surface area contributed by atoms with Crippen molar-refractivity contribution in [3.05, 3.63) is 52.6 Å². The molecule has 1 saturated heterocycles. The van der Waals surface area contributed by atoms with E-state index >= 15 is 0 Å². The van der Waals surface area contributed by atoms with Gasteiger partial charge in [-0.15, -0.1) is 0 Å². The number of benzene rings is 1. The predicted molar refractivity (Wildman–Crippen MR) is 113 cm³/mol. The molecule has 0 spiro atoms. The molecule has 1 aliphatic rings. The number of nitrogens with zero attached hydrogens (tertiary/aromatic N) is 2. The van der Waals surface area contributed by atoms with Gasteiger partial charge in [-0.1, -0.05) is 46.2 Å². The lowest BCUT2D eigenvalue weighted by molar-refractivity contribution is 0.219. The van der Waals surface area contributed by atoms with Gasteiger partial charge in [0.25, 0.3) is 0 Å². The number of likely N-dealkylation sites (tertiary alicyclic amines) is 1. The molecule has 0 unspecified atom stereocenters. The van der Waals surface area contributed by atoms with Crippen LogP contribution in [0.3, 0.4) is 0 Å². The Balaban J connectivity index is 2.24. The van der Waals surface area contributed by atoms with Crippen LogP contribution < -0.4 is 0 Å². The predicted octanol–water partition coefficient (Wildman–Crippen LogP) is 5.61. The Morgan fingerprint density at radius 1 is 0.929 bits per heavy atom. The van der Waals surface area contributed by atoms with Gasteiger partial charge in [0.15, 0.2) is 0 Å². The van der Waals surface area contributed by atoms with E-state index in [1.54, 1.807) is 0 Å². The Morgan fingerprint density at radius 3 is 2.04 bits per heavy atom. The maximum Gasteiger partial charge on any atom is 0.123 e. The van der Waals surface area contributed by atoms with Crippen molar-refractivity contribution >= 4 is 0 Å². The van der Waals surface area contributed by atoms with E-state index in [1.165, 1.54) is 37.0 Å². The molecule has 3 rings (SSSR count). The number of hydrogen-bond acceptors (Lipinski definition) is 3. The molecular weight excluding hydrogens is 351 g/mol. The van der Waals surface area contributed by atoms with Crippen LogP contribution in [0.5, 0.6) is 0 Å². The highest BCUT2D eigenvalue weighted by Gasteiger charge is 2.25. The second-order valence-electron chi connectivity index (χ2n) is 8.53. The fourth-order valence-electron chi connectivity index (χ4n) is 4.28. The molecule has 1 aromatic carbocycles. The van der Waals surface area contributed by atoms with Crippen molar-refractivity contribution in [3.8, 4) is 11.1 Å². The second kappa shape index (κ2) is 9.15. The summed E-state index contributed by atoms with van der Waals surface area (Å²) in [7, 11) is 0. The first-order chi connectivity index (χ1) is 13.4. The number of hydrogen-bond donors (Lipinski definition) is 1. The molecule has 2 aromatic rings. The third-order valence-corrected chi connectivity index (χ3v) is 5.68. The zero-order valence-electron chi connectivity index (χ0n) is 17.6. The molecule has 0 aliphatic carbocycles. The molecule has 0 radical (unpaired) electrons. The maximum atomic E-state index is 13.6. The molecule has 0 saturated carbocycles. The normalized spacial score (nSPS) is 15.6. The van der Waals surface area contributed by atoms with Gasteiger partial charge in [-0.05, 0) is 66.6 Å². The Hall–Kier alpha value is -1.78. The molecule has 2 heterocycles. The molecule has 152 valence electrons. The Kier molecular flexibility index (Phi) is 6.84. The molecule has 28 heavy (non-hydrogen) atoms. The van der Waals surface area contributed by atoms with Crippen LogP contribution in [0.1, 0.15) is 81.3 Å². The highest BCUT2D eigenvalue weighted by Crippen LogP contribution is 2.37. The minimum atomic E-state index is -0.242. The topological polar surface area (TPSA) is 36.4 Å². The standard InChI is InChI=1S/C24H33FN2O/c1-16(2)23-20(14-27-12-6-5-7-13-27)22(18-8-10-19(25)11-9-18)21(15-28)24(26-23)17(3)4/h8-11,16-17,28H,5-7,12-15H2,1-4H3. The number of halogens is 1. The fourth-order valence-corrected chi connectivity index (χ4v) is 4.28. The quantitative estimate of drug-likeness (QED) is 0.703. The van der Waals surface area contributed by atoms with Crippen molar-refractivity contribution in [3.63, 3.8) is 0 Å². The zero-order chi connectivity index (χ0) is 20.3. The van der Waals surface area contributed by atoms with Crippen molar-refractivity contribution in [2.75, 3.05) is 13.1 Å². The van der Waals surface area contributed by atoms with E-state index in [2.05, 4.69) is 32.6 Å². The minimum absolute atomic E-state index is 0.0569. The van der Waals surface area contributed by atoms with Crippen LogP contribution in [0, 0.1) is 5.82 Å². The average Bonchev–Trinajstić information content (AvgIpc) is 2.68. The van der Waals surface area contributed by atoms with E-state index in [0.717, 1.165) is 47.7 Å². The lowest BCUT2D eigenvalue weighted by Gasteiger charge is -2.30. The number of piperidine rings is 1. The Bertz CT molecular complexity index is 793. The summed E-state index contributed by atoms with van der Waals surface area (Å²) in [6.07, 6.45) is 3.76. The van der Waals surface area contributed by atoms with Gasteiger partial charge >= 0.3 is 0 Å². The molecule has 4 heteroatoms. The Morgan fingerprint density at radius 2 is 1.50 bits per heavy atom. The largest absolute Gasteiger partial charge is 0.392 e. The van der Waals surface area contributed by atoms with Crippen LogP contribution in [0.25, 0.3) is 11.1 Å². The summed E-state index contributed by atoms with van der Waals surface area (Å²) in [5.74, 6) is 0.251. The molecule has 0 atom stereocenters. The lowest BCUT2D eigenvalue weighted by atomic mass is 9.87. The summed E-state index contributed by atoms with van der Waals surface area (Å²) >= 11 is 0. The average molecular weight is 385 g/mol. The van der Waals surface area contributed by atoms with Crippen molar-refractivity contribution in [1.29, 1.82) is 0 Å². The van der Waals surface area contributed by atoms with Crippen LogP contribution in [0.4, 0.5) is 4.39 Å². The van der Waals surface area contributed by atoms with Crippen LogP contribution in [-0.4, -0.2) is 28.1 Å². The summed E-state index contributed by atoms with van der Waals surface area (Å²) in [4.78, 5) is 7.55. The van der Waals surface area contributed by atoms with Crippen LogP contribution in [0.2, 0.25) is 0 Å². The van der Waals surface area contributed by atoms with Crippen molar-refractivity contribution in [2.24, 2.45) is 0 Å². The SMILES string of the molecule is CC(C)c1nc(C(C)C)c(CN2CCCCC2)c(-c2ccc(F)cc2)c1CO. The molecular formula is C24H33FN2O. The Labute approximate surface area is 168 Å². The molecule has 1 aliphatic heterocycles. The van der Waals surface area contributed by atoms with Gasteiger partial charge in [0.1, 0.15) is 5.82 Å². The third kappa shape index (κ3) is 4.44. The van der Waals surface area contributed by atoms with Gasteiger partial charge in [0.2, 0.25) is 0 Å². The number of pyridine rings is 1. The number of aliphatic hydroxyl groups excluding tert-OH is 1. The van der Waals surface area contributed by atoms with Gasteiger partial charge in [-0.25, -0.2) is 4.39 Å². The molecule has 1 aromatic heterocycles. The second-order valence-corrected chi connectivity index (χ2v) is 8.53. The minimum Gasteiger partial charge on any atom is -0.392 e. The summed E-state index contributed by atoms with van der Waals surface area (Å²) in [5, 5.41) is 10.3. The zero-order valence-corrected chi connectivity index (χ0v) is 17.6. The van der Waals surface area contributed by atoms with Gasteiger partial charge < -0.3 is 5.11 Å². The van der Waals surface area contributed by atoms with E-state index in [-0.39, 0.29) is 24.3 Å². The van der Waals surface area contributed by atoms with Crippen LogP contribution in [0.15, 0.2) is 24.3 Å². The van der Waals surface area contributed by atoms with Gasteiger partial charge in [0.05, 0.1) is 6.61 Å². The van der Waals surface area contributed by atoms with Crippen LogP contribution in [-0.2, 0) is 13.2 Å². The van der Waals surface area contributed by atoms with Gasteiger partial charge in [-0.2, -0.15) is 0 Å². The molecule has 1 fully saturated rings. The smallest absolute Gasteiger partial charge is 0.123 e. The monoisotopic (exact) mass is 384 g/mol. The highest BCUT2D eigenvalue weighted by molar-refractivity contribution is 5.73. The maximum absolute atomic E-state index is 13.6. The molecule has 3 nitrogen and oxygen atoms in total. The highest BCUT2D eigenvalue weighted by atomic mass is 19.1. The summed E-state index contributed by atoms with van der Waals surface area (Å²) in [6.45, 7) is 11.6. The first-order valence-corrected chi connectivity index (χ1v) is 10.6. The first kappa shape index (κ1) is 20.9.